The standard InChI is InChI=1S/C22H34N4O5S/c1-12-17-16(13(2)27)21(29)25(17)18(22(30)31)19(12)32-14-10-15(23-11-14)20(28)24-6-5-8-26(3,4)9-7-24/h12-17,23,27H,5-11H2,1-4H3/p+1/t12-,13-,14+,15+,16-,17-/m1/s1. The molecule has 10 heteroatoms. The molecule has 0 aliphatic carbocycles. The van der Waals surface area contributed by atoms with Crippen LogP contribution >= 0.6 is 11.8 Å². The molecule has 32 heavy (non-hydrogen) atoms. The van der Waals surface area contributed by atoms with Crippen LogP contribution < -0.4 is 5.32 Å². The molecular weight excluding hydrogens is 432 g/mol. The van der Waals surface area contributed by atoms with Crippen molar-refractivity contribution in [3.05, 3.63) is 10.6 Å². The highest BCUT2D eigenvalue weighted by Crippen LogP contribution is 2.51. The molecule has 0 aromatic rings. The normalized spacial score (nSPS) is 35.4. The van der Waals surface area contributed by atoms with E-state index < -0.39 is 18.0 Å². The Bertz CT molecular complexity index is 844. The van der Waals surface area contributed by atoms with Gasteiger partial charge in [0.1, 0.15) is 5.70 Å². The van der Waals surface area contributed by atoms with E-state index in [0.29, 0.717) is 17.9 Å². The van der Waals surface area contributed by atoms with Gasteiger partial charge in [-0.05, 0) is 13.3 Å². The fraction of sp³-hybridized carbons (Fsp3) is 0.773. The number of amides is 2. The number of fused-ring (bicyclic) bond motifs is 1. The van der Waals surface area contributed by atoms with Gasteiger partial charge in [0.25, 0.3) is 0 Å². The number of rotatable bonds is 5. The molecule has 0 bridgehead atoms. The third-order valence-corrected chi connectivity index (χ3v) is 8.98. The van der Waals surface area contributed by atoms with E-state index in [4.69, 9.17) is 0 Å². The van der Waals surface area contributed by atoms with Crippen molar-refractivity contribution in [1.82, 2.24) is 15.1 Å². The lowest BCUT2D eigenvalue weighted by atomic mass is 9.79. The monoisotopic (exact) mass is 467 g/mol. The highest BCUT2D eigenvalue weighted by atomic mass is 32.2. The highest BCUT2D eigenvalue weighted by molar-refractivity contribution is 8.03. The number of quaternary nitrogens is 1. The van der Waals surface area contributed by atoms with Crippen LogP contribution in [0, 0.1) is 11.8 Å². The summed E-state index contributed by atoms with van der Waals surface area (Å²) in [6.45, 7) is 7.68. The Morgan fingerprint density at radius 1 is 1.25 bits per heavy atom. The summed E-state index contributed by atoms with van der Waals surface area (Å²) in [5.74, 6) is -1.99. The predicted molar refractivity (Wildman–Crippen MR) is 120 cm³/mol. The lowest BCUT2D eigenvalue weighted by molar-refractivity contribution is -0.888. The number of aliphatic carboxylic acids is 1. The second-order valence-corrected chi connectivity index (χ2v) is 11.6. The maximum atomic E-state index is 13.1. The third-order valence-electron chi connectivity index (χ3n) is 7.47. The molecule has 4 heterocycles. The van der Waals surface area contributed by atoms with Gasteiger partial charge in [0.05, 0.1) is 57.8 Å². The maximum Gasteiger partial charge on any atom is 0.353 e. The first-order valence-corrected chi connectivity index (χ1v) is 12.4. The number of carbonyl (C=O) groups excluding carboxylic acids is 2. The molecule has 0 unspecified atom stereocenters. The minimum atomic E-state index is -1.11. The van der Waals surface area contributed by atoms with Crippen LogP contribution in [-0.4, -0.2) is 113 Å². The van der Waals surface area contributed by atoms with Crippen molar-refractivity contribution in [2.24, 2.45) is 11.8 Å². The number of aliphatic hydroxyl groups is 1. The molecule has 3 N–H and O–H groups in total. The first kappa shape index (κ1) is 23.5. The molecule has 0 aromatic heterocycles. The third kappa shape index (κ3) is 4.06. The van der Waals surface area contributed by atoms with Crippen LogP contribution in [0.3, 0.4) is 0 Å². The Kier molecular flexibility index (Phi) is 6.34. The van der Waals surface area contributed by atoms with Crippen molar-refractivity contribution >= 4 is 29.5 Å². The van der Waals surface area contributed by atoms with Crippen molar-refractivity contribution in [3.63, 3.8) is 0 Å². The molecule has 4 aliphatic rings. The molecule has 2 amide bonds. The van der Waals surface area contributed by atoms with E-state index in [1.807, 2.05) is 11.8 Å². The van der Waals surface area contributed by atoms with Crippen LogP contribution in [0.25, 0.3) is 0 Å². The lowest BCUT2D eigenvalue weighted by Gasteiger charge is -2.46. The van der Waals surface area contributed by atoms with Gasteiger partial charge in [0, 0.05) is 35.6 Å². The minimum Gasteiger partial charge on any atom is -0.477 e. The summed E-state index contributed by atoms with van der Waals surface area (Å²) >= 11 is 1.48. The Morgan fingerprint density at radius 2 is 1.97 bits per heavy atom. The van der Waals surface area contributed by atoms with Gasteiger partial charge in [-0.1, -0.05) is 6.92 Å². The number of aliphatic hydroxyl groups excluding tert-OH is 1. The number of hydrogen-bond acceptors (Lipinski definition) is 6. The molecule has 3 fully saturated rings. The summed E-state index contributed by atoms with van der Waals surface area (Å²) in [6, 6.07) is -0.558. The van der Waals surface area contributed by atoms with Crippen LogP contribution in [0.5, 0.6) is 0 Å². The lowest BCUT2D eigenvalue weighted by Crippen LogP contribution is -2.63. The number of carbonyl (C=O) groups is 3. The Labute approximate surface area is 193 Å². The van der Waals surface area contributed by atoms with Crippen LogP contribution in [0.1, 0.15) is 26.7 Å². The van der Waals surface area contributed by atoms with Crippen LogP contribution in [-0.2, 0) is 14.4 Å². The number of carboxylic acid groups (broad SMARTS) is 1. The molecule has 9 nitrogen and oxygen atoms in total. The summed E-state index contributed by atoms with van der Waals surface area (Å²) < 4.78 is 0.925. The minimum absolute atomic E-state index is 0.0525. The highest BCUT2D eigenvalue weighted by Gasteiger charge is 2.60. The van der Waals surface area contributed by atoms with E-state index in [-0.39, 0.29) is 40.8 Å². The zero-order valence-electron chi connectivity index (χ0n) is 19.3. The zero-order valence-corrected chi connectivity index (χ0v) is 20.1. The van der Waals surface area contributed by atoms with Gasteiger partial charge in [-0.15, -0.1) is 11.8 Å². The second kappa shape index (κ2) is 8.62. The van der Waals surface area contributed by atoms with E-state index in [1.165, 1.54) is 16.7 Å². The van der Waals surface area contributed by atoms with Crippen LogP contribution in [0.4, 0.5) is 0 Å². The molecule has 4 rings (SSSR count). The smallest absolute Gasteiger partial charge is 0.353 e. The number of nitrogens with zero attached hydrogens (tertiary/aromatic N) is 3. The van der Waals surface area contributed by atoms with Gasteiger partial charge < -0.3 is 29.8 Å². The molecule has 0 saturated carbocycles. The van der Waals surface area contributed by atoms with Crippen molar-refractivity contribution in [2.45, 2.75) is 50.1 Å². The summed E-state index contributed by atoms with van der Waals surface area (Å²) in [4.78, 5) is 41.6. The fourth-order valence-electron chi connectivity index (χ4n) is 5.58. The summed E-state index contributed by atoms with van der Waals surface area (Å²) in [5, 5.41) is 23.2. The largest absolute Gasteiger partial charge is 0.477 e. The Hall–Kier alpha value is -1.62. The molecule has 0 radical (unpaired) electrons. The van der Waals surface area contributed by atoms with Crippen molar-refractivity contribution < 1.29 is 29.1 Å². The number of likely N-dealkylation sites (N-methyl/N-ethyl adjacent to an activating group) is 1. The summed E-state index contributed by atoms with van der Waals surface area (Å²) in [6.07, 6.45) is 0.823. The van der Waals surface area contributed by atoms with E-state index in [2.05, 4.69) is 19.4 Å². The molecule has 6 atom stereocenters. The molecule has 178 valence electrons. The number of hydrogen-bond donors (Lipinski definition) is 3. The van der Waals surface area contributed by atoms with E-state index >= 15 is 0 Å². The average Bonchev–Trinajstić information content (AvgIpc) is 3.20. The molecule has 0 spiro atoms. The van der Waals surface area contributed by atoms with Gasteiger partial charge in [-0.25, -0.2) is 4.79 Å². The van der Waals surface area contributed by atoms with Gasteiger partial charge in [-0.2, -0.15) is 0 Å². The first-order chi connectivity index (χ1) is 15.0. The van der Waals surface area contributed by atoms with Gasteiger partial charge >= 0.3 is 5.97 Å². The molecule has 0 aromatic carbocycles. The molecule has 3 saturated heterocycles. The number of carboxylic acids is 1. The SMILES string of the molecule is C[C@@H](O)[C@H]1C(=O)N2C(C(=O)O)=C(S[C@@H]3CN[C@H](C(=O)N4CCC[N+](C)(C)CC4)C3)[C@H](C)[C@H]12. The van der Waals surface area contributed by atoms with Crippen molar-refractivity contribution in [3.8, 4) is 0 Å². The Balaban J connectivity index is 1.42. The van der Waals surface area contributed by atoms with E-state index in [0.717, 1.165) is 37.1 Å². The van der Waals surface area contributed by atoms with Crippen molar-refractivity contribution in [2.75, 3.05) is 46.8 Å². The van der Waals surface area contributed by atoms with E-state index in [9.17, 15) is 24.6 Å². The Morgan fingerprint density at radius 3 is 2.62 bits per heavy atom. The summed E-state index contributed by atoms with van der Waals surface area (Å²) in [7, 11) is 4.39. The molecular formula is C22H35N4O5S+. The summed E-state index contributed by atoms with van der Waals surface area (Å²) in [5.41, 5.74) is 0.0525. The topological polar surface area (TPSA) is 110 Å². The maximum absolute atomic E-state index is 13.1. The van der Waals surface area contributed by atoms with Gasteiger partial charge in [0.15, 0.2) is 0 Å². The average molecular weight is 468 g/mol. The number of thioether (sulfide) groups is 1. The van der Waals surface area contributed by atoms with Crippen LogP contribution in [0.15, 0.2) is 10.6 Å². The predicted octanol–water partition coefficient (Wildman–Crippen LogP) is -0.0875. The van der Waals surface area contributed by atoms with Crippen LogP contribution in [0.2, 0.25) is 0 Å². The van der Waals surface area contributed by atoms with Gasteiger partial charge in [0.2, 0.25) is 11.8 Å². The zero-order chi connectivity index (χ0) is 23.4. The number of β-lactam (4-membered cyclic amide) rings is 1. The second-order valence-electron chi connectivity index (χ2n) is 10.3. The quantitative estimate of drug-likeness (QED) is 0.383. The van der Waals surface area contributed by atoms with Gasteiger partial charge in [-0.3, -0.25) is 9.59 Å². The molecule has 4 aliphatic heterocycles. The van der Waals surface area contributed by atoms with E-state index in [1.54, 1.807) is 6.92 Å². The fourth-order valence-corrected chi connectivity index (χ4v) is 7.06. The first-order valence-electron chi connectivity index (χ1n) is 11.5. The number of nitrogens with one attached hydrogen (secondary N) is 1. The van der Waals surface area contributed by atoms with Crippen molar-refractivity contribution in [1.29, 1.82) is 0 Å².